The molecule has 1 N–H and O–H groups in total. The van der Waals surface area contributed by atoms with Gasteiger partial charge in [-0.25, -0.2) is 4.79 Å². The Balaban J connectivity index is 2.22. The lowest BCUT2D eigenvalue weighted by atomic mass is 9.78. The summed E-state index contributed by atoms with van der Waals surface area (Å²) in [4.78, 5) is 25.1. The second-order valence-electron chi connectivity index (χ2n) is 7.76. The predicted molar refractivity (Wildman–Crippen MR) is 104 cm³/mol. The molecule has 0 heterocycles. The van der Waals surface area contributed by atoms with Crippen molar-refractivity contribution in [3.8, 4) is 5.75 Å². The van der Waals surface area contributed by atoms with Gasteiger partial charge in [-0.1, -0.05) is 27.2 Å². The molecule has 0 spiro atoms. The van der Waals surface area contributed by atoms with Gasteiger partial charge >= 0.3 is 5.97 Å². The maximum Gasteiger partial charge on any atom is 0.341 e. The lowest BCUT2D eigenvalue weighted by Crippen LogP contribution is -2.47. The summed E-state index contributed by atoms with van der Waals surface area (Å²) < 4.78 is 16.2. The van der Waals surface area contributed by atoms with Crippen LogP contribution in [-0.4, -0.2) is 38.3 Å². The number of rotatable bonds is 7. The lowest BCUT2D eigenvalue weighted by molar-refractivity contribution is -0.143. The summed E-state index contributed by atoms with van der Waals surface area (Å²) in [6.45, 7) is 6.68. The van der Waals surface area contributed by atoms with E-state index in [4.69, 9.17) is 14.2 Å². The molecule has 150 valence electrons. The van der Waals surface area contributed by atoms with Crippen molar-refractivity contribution in [2.45, 2.75) is 52.1 Å². The van der Waals surface area contributed by atoms with Crippen molar-refractivity contribution < 1.29 is 23.8 Å². The van der Waals surface area contributed by atoms with Crippen molar-refractivity contribution in [2.24, 2.45) is 11.8 Å². The molecule has 0 bridgehead atoms. The third-order valence-corrected chi connectivity index (χ3v) is 4.98. The molecule has 1 aliphatic carbocycles. The molecule has 1 saturated carbocycles. The fourth-order valence-electron chi connectivity index (χ4n) is 3.49. The number of carbonyl (C=O) groups excluding carboxylic acids is 2. The van der Waals surface area contributed by atoms with E-state index in [0.717, 1.165) is 12.8 Å². The van der Waals surface area contributed by atoms with Crippen molar-refractivity contribution in [1.29, 1.82) is 0 Å². The van der Waals surface area contributed by atoms with Gasteiger partial charge in [-0.05, 0) is 49.3 Å². The van der Waals surface area contributed by atoms with Crippen LogP contribution in [0.25, 0.3) is 0 Å². The fourth-order valence-corrected chi connectivity index (χ4v) is 3.49. The van der Waals surface area contributed by atoms with Crippen LogP contribution in [-0.2, 0) is 14.3 Å². The average Bonchev–Trinajstić information content (AvgIpc) is 2.65. The van der Waals surface area contributed by atoms with Crippen LogP contribution in [0.5, 0.6) is 5.75 Å². The lowest BCUT2D eigenvalue weighted by Gasteiger charge is -2.37. The molecule has 1 aliphatic rings. The van der Waals surface area contributed by atoms with Crippen molar-refractivity contribution in [3.63, 3.8) is 0 Å². The molecular formula is C21H31NO5. The van der Waals surface area contributed by atoms with Gasteiger partial charge in [0.2, 0.25) is 0 Å². The zero-order valence-corrected chi connectivity index (χ0v) is 17.0. The second kappa shape index (κ2) is 9.22. The van der Waals surface area contributed by atoms with E-state index in [1.165, 1.54) is 7.11 Å². The molecule has 2 atom stereocenters. The van der Waals surface area contributed by atoms with Crippen molar-refractivity contribution in [1.82, 2.24) is 0 Å². The minimum Gasteiger partial charge on any atom is -0.492 e. The van der Waals surface area contributed by atoms with Crippen LogP contribution in [0.1, 0.15) is 56.8 Å². The number of nitrogens with one attached hydrogen (secondary N) is 1. The first kappa shape index (κ1) is 21.2. The molecule has 6 nitrogen and oxygen atoms in total. The molecule has 1 amide bonds. The van der Waals surface area contributed by atoms with Gasteiger partial charge < -0.3 is 19.5 Å². The molecule has 27 heavy (non-hydrogen) atoms. The normalized spacial score (nSPS) is 22.4. The minimum absolute atomic E-state index is 0.178. The highest BCUT2D eigenvalue weighted by atomic mass is 16.5. The van der Waals surface area contributed by atoms with Gasteiger partial charge in [0.05, 0.1) is 13.7 Å². The Bertz CT molecular complexity index is 673. The first-order valence-corrected chi connectivity index (χ1v) is 9.53. The number of hydrogen-bond acceptors (Lipinski definition) is 5. The average molecular weight is 377 g/mol. The Morgan fingerprint density at radius 2 is 2.04 bits per heavy atom. The van der Waals surface area contributed by atoms with E-state index in [2.05, 4.69) is 12.2 Å². The molecule has 1 aromatic rings. The highest BCUT2D eigenvalue weighted by Gasteiger charge is 2.42. The van der Waals surface area contributed by atoms with Gasteiger partial charge in [0.1, 0.15) is 16.9 Å². The second-order valence-corrected chi connectivity index (χ2v) is 7.76. The maximum absolute atomic E-state index is 12.9. The summed E-state index contributed by atoms with van der Waals surface area (Å²) in [7, 11) is 2.91. The summed E-state index contributed by atoms with van der Waals surface area (Å²) in [5, 5.41) is 2.91. The van der Waals surface area contributed by atoms with Gasteiger partial charge in [0.15, 0.2) is 0 Å². The molecule has 6 heteroatoms. The molecule has 0 saturated heterocycles. The third kappa shape index (κ3) is 5.22. The van der Waals surface area contributed by atoms with Crippen LogP contribution in [0.2, 0.25) is 0 Å². The molecule has 0 aromatic heterocycles. The number of methoxy groups -OCH3 is 2. The van der Waals surface area contributed by atoms with Crippen LogP contribution in [0.15, 0.2) is 18.2 Å². The van der Waals surface area contributed by atoms with Crippen LogP contribution in [0.4, 0.5) is 5.69 Å². The number of hydrogen-bond donors (Lipinski definition) is 1. The van der Waals surface area contributed by atoms with Crippen molar-refractivity contribution in [3.05, 3.63) is 23.8 Å². The Morgan fingerprint density at radius 3 is 2.63 bits per heavy atom. The van der Waals surface area contributed by atoms with Crippen molar-refractivity contribution >= 4 is 17.6 Å². The first-order chi connectivity index (χ1) is 12.8. The molecule has 0 aliphatic heterocycles. The van der Waals surface area contributed by atoms with Gasteiger partial charge in [-0.15, -0.1) is 0 Å². The van der Waals surface area contributed by atoms with Gasteiger partial charge in [0.25, 0.3) is 5.91 Å². The Hall–Kier alpha value is -2.08. The number of esters is 1. The molecule has 1 aromatic carbocycles. The molecule has 0 unspecified atom stereocenters. The Labute approximate surface area is 161 Å². The molecule has 0 radical (unpaired) electrons. The quantitative estimate of drug-likeness (QED) is 0.726. The van der Waals surface area contributed by atoms with E-state index >= 15 is 0 Å². The van der Waals surface area contributed by atoms with Gasteiger partial charge in [-0.2, -0.15) is 0 Å². The summed E-state index contributed by atoms with van der Waals surface area (Å²) >= 11 is 0. The highest BCUT2D eigenvalue weighted by Crippen LogP contribution is 2.36. The van der Waals surface area contributed by atoms with E-state index in [-0.39, 0.29) is 5.91 Å². The Morgan fingerprint density at radius 1 is 1.30 bits per heavy atom. The van der Waals surface area contributed by atoms with E-state index < -0.39 is 11.6 Å². The Kier molecular flexibility index (Phi) is 7.25. The molecule has 2 rings (SSSR count). The first-order valence-electron chi connectivity index (χ1n) is 9.53. The van der Waals surface area contributed by atoms with E-state index in [0.29, 0.717) is 48.3 Å². The summed E-state index contributed by atoms with van der Waals surface area (Å²) in [5.74, 6) is 0.522. The summed E-state index contributed by atoms with van der Waals surface area (Å²) in [6.07, 6.45) is 3.44. The van der Waals surface area contributed by atoms with E-state index in [1.54, 1.807) is 25.3 Å². The number of ether oxygens (including phenoxy) is 3. The SMILES string of the molecule is COC(=O)c1cc(NC(=O)[C@]2(OC)CCC[C@H](C)C2)ccc1OCC(C)C. The minimum atomic E-state index is -0.824. The van der Waals surface area contributed by atoms with E-state index in [1.807, 2.05) is 13.8 Å². The number of benzene rings is 1. The van der Waals surface area contributed by atoms with Crippen LogP contribution in [0, 0.1) is 11.8 Å². The number of anilines is 1. The largest absolute Gasteiger partial charge is 0.492 e. The van der Waals surface area contributed by atoms with Gasteiger partial charge in [-0.3, -0.25) is 4.79 Å². The van der Waals surface area contributed by atoms with E-state index in [9.17, 15) is 9.59 Å². The predicted octanol–water partition coefficient (Wildman–Crippen LogP) is 4.04. The standard InChI is InChI=1S/C21H31NO5/c1-14(2)13-27-18-9-8-16(11-17(18)19(23)25-4)22-20(24)21(26-5)10-6-7-15(3)12-21/h8-9,11,14-15H,6-7,10,12-13H2,1-5H3,(H,22,24)/t15-,21-/m0/s1. The van der Waals surface area contributed by atoms with Crippen LogP contribution < -0.4 is 10.1 Å². The maximum atomic E-state index is 12.9. The monoisotopic (exact) mass is 377 g/mol. The fraction of sp³-hybridized carbons (Fsp3) is 0.619. The van der Waals surface area contributed by atoms with Gasteiger partial charge in [0, 0.05) is 12.8 Å². The molecule has 1 fully saturated rings. The number of amides is 1. The molecular weight excluding hydrogens is 346 g/mol. The summed E-state index contributed by atoms with van der Waals surface area (Å²) in [5.41, 5.74) is -0.0120. The zero-order valence-electron chi connectivity index (χ0n) is 17.0. The van der Waals surface area contributed by atoms with Crippen LogP contribution >= 0.6 is 0 Å². The van der Waals surface area contributed by atoms with Crippen molar-refractivity contribution in [2.75, 3.05) is 26.1 Å². The topological polar surface area (TPSA) is 73.9 Å². The highest BCUT2D eigenvalue weighted by molar-refractivity contribution is 5.99. The third-order valence-electron chi connectivity index (χ3n) is 4.98. The smallest absolute Gasteiger partial charge is 0.341 e. The number of carbonyl (C=O) groups is 2. The van der Waals surface area contributed by atoms with Crippen LogP contribution in [0.3, 0.4) is 0 Å². The summed E-state index contributed by atoms with van der Waals surface area (Å²) in [6, 6.07) is 5.01. The zero-order chi connectivity index (χ0) is 20.0.